The van der Waals surface area contributed by atoms with Gasteiger partial charge in [0.05, 0.1) is 11.6 Å². The number of ether oxygens (including phenoxy) is 1. The molecule has 1 unspecified atom stereocenters. The van der Waals surface area contributed by atoms with E-state index in [4.69, 9.17) is 4.74 Å². The number of carbonyl (C=O) groups is 2. The van der Waals surface area contributed by atoms with Gasteiger partial charge in [-0.05, 0) is 24.1 Å². The molecule has 1 saturated heterocycles. The van der Waals surface area contributed by atoms with Gasteiger partial charge >= 0.3 is 0 Å². The van der Waals surface area contributed by atoms with Crippen LogP contribution in [-0.2, 0) is 14.3 Å². The number of hydrogen-bond acceptors (Lipinski definition) is 4. The third kappa shape index (κ3) is 3.96. The molecule has 2 aromatic carbocycles. The predicted octanol–water partition coefficient (Wildman–Crippen LogP) is 3.91. The number of halogens is 1. The lowest BCUT2D eigenvalue weighted by Crippen LogP contribution is -2.31. The van der Waals surface area contributed by atoms with Gasteiger partial charge in [-0.2, -0.15) is 0 Å². The van der Waals surface area contributed by atoms with Crippen molar-refractivity contribution in [2.24, 2.45) is 0 Å². The number of likely N-dealkylation sites (tertiary alicyclic amines) is 1. The number of hydrogen-bond donors (Lipinski definition) is 1. The second kappa shape index (κ2) is 8.50. The highest BCUT2D eigenvalue weighted by Gasteiger charge is 2.45. The standard InChI is InChI=1S/C21H20BrNO4/c1-27-13-5-12-23-18(14-8-10-16(22)11-9-14)17(20(25)21(23)26)19(24)15-6-3-2-4-7-15/h2-4,6-11,18,24H,5,12-13H2,1H3/b19-17+. The lowest BCUT2D eigenvalue weighted by Gasteiger charge is -2.25. The number of aliphatic hydroxyl groups excluding tert-OH is 1. The van der Waals surface area contributed by atoms with Crippen molar-refractivity contribution in [1.29, 1.82) is 0 Å². The van der Waals surface area contributed by atoms with Crippen molar-refractivity contribution in [1.82, 2.24) is 4.90 Å². The van der Waals surface area contributed by atoms with E-state index in [0.29, 0.717) is 25.1 Å². The normalized spacial score (nSPS) is 18.9. The van der Waals surface area contributed by atoms with Crippen LogP contribution in [0.15, 0.2) is 64.6 Å². The fourth-order valence-electron chi connectivity index (χ4n) is 3.23. The molecule has 0 aromatic heterocycles. The molecule has 140 valence electrons. The Morgan fingerprint density at radius 1 is 1.11 bits per heavy atom. The average molecular weight is 430 g/mol. The third-order valence-electron chi connectivity index (χ3n) is 4.52. The van der Waals surface area contributed by atoms with E-state index < -0.39 is 17.7 Å². The Morgan fingerprint density at radius 2 is 1.78 bits per heavy atom. The molecule has 0 aliphatic carbocycles. The van der Waals surface area contributed by atoms with E-state index in [1.54, 1.807) is 31.4 Å². The summed E-state index contributed by atoms with van der Waals surface area (Å²) in [6, 6.07) is 15.6. The largest absolute Gasteiger partial charge is 0.507 e. The van der Waals surface area contributed by atoms with Gasteiger partial charge in [-0.1, -0.05) is 58.4 Å². The van der Waals surface area contributed by atoms with E-state index in [1.165, 1.54) is 4.90 Å². The number of rotatable bonds is 6. The SMILES string of the molecule is COCCCN1C(=O)C(=O)/C(=C(/O)c2ccccc2)C1c1ccc(Br)cc1. The molecule has 0 saturated carbocycles. The van der Waals surface area contributed by atoms with Gasteiger partial charge < -0.3 is 14.7 Å². The predicted molar refractivity (Wildman–Crippen MR) is 106 cm³/mol. The van der Waals surface area contributed by atoms with Crippen molar-refractivity contribution in [3.8, 4) is 0 Å². The number of ketones is 1. The van der Waals surface area contributed by atoms with Gasteiger partial charge in [0.2, 0.25) is 0 Å². The highest BCUT2D eigenvalue weighted by molar-refractivity contribution is 9.10. The summed E-state index contributed by atoms with van der Waals surface area (Å²) in [4.78, 5) is 27.0. The fourth-order valence-corrected chi connectivity index (χ4v) is 3.50. The molecule has 3 rings (SSSR count). The first-order chi connectivity index (χ1) is 13.0. The first-order valence-electron chi connectivity index (χ1n) is 8.63. The summed E-state index contributed by atoms with van der Waals surface area (Å²) < 4.78 is 5.97. The van der Waals surface area contributed by atoms with Crippen molar-refractivity contribution in [3.05, 3.63) is 75.8 Å². The van der Waals surface area contributed by atoms with Gasteiger partial charge in [-0.3, -0.25) is 9.59 Å². The molecular formula is C21H20BrNO4. The molecule has 1 fully saturated rings. The topological polar surface area (TPSA) is 66.8 Å². The molecule has 2 aromatic rings. The first-order valence-corrected chi connectivity index (χ1v) is 9.42. The summed E-state index contributed by atoms with van der Waals surface area (Å²) in [6.45, 7) is 0.847. The Hall–Kier alpha value is -2.44. The number of Topliss-reactive ketones (excluding diaryl/α,β-unsaturated/α-hetero) is 1. The summed E-state index contributed by atoms with van der Waals surface area (Å²) in [6.07, 6.45) is 0.599. The van der Waals surface area contributed by atoms with Crippen LogP contribution in [0.3, 0.4) is 0 Å². The van der Waals surface area contributed by atoms with Crippen LogP contribution in [-0.4, -0.2) is 42.0 Å². The van der Waals surface area contributed by atoms with Crippen LogP contribution < -0.4 is 0 Å². The zero-order chi connectivity index (χ0) is 19.4. The minimum absolute atomic E-state index is 0.117. The zero-order valence-corrected chi connectivity index (χ0v) is 16.5. The van der Waals surface area contributed by atoms with Crippen molar-refractivity contribution in [3.63, 3.8) is 0 Å². The van der Waals surface area contributed by atoms with Gasteiger partial charge in [-0.15, -0.1) is 0 Å². The summed E-state index contributed by atoms with van der Waals surface area (Å²) >= 11 is 3.40. The Bertz CT molecular complexity index is 862. The van der Waals surface area contributed by atoms with Crippen molar-refractivity contribution < 1.29 is 19.4 Å². The van der Waals surface area contributed by atoms with E-state index in [0.717, 1.165) is 10.0 Å². The maximum absolute atomic E-state index is 12.8. The number of amides is 1. The van der Waals surface area contributed by atoms with E-state index in [2.05, 4.69) is 15.9 Å². The van der Waals surface area contributed by atoms with Crippen LogP contribution >= 0.6 is 15.9 Å². The molecule has 1 atom stereocenters. The Balaban J connectivity index is 2.10. The van der Waals surface area contributed by atoms with Gasteiger partial charge in [0, 0.05) is 30.3 Å². The Kier molecular flexibility index (Phi) is 6.08. The van der Waals surface area contributed by atoms with Crippen LogP contribution in [0.1, 0.15) is 23.6 Å². The van der Waals surface area contributed by atoms with E-state index in [9.17, 15) is 14.7 Å². The molecule has 1 N–H and O–H groups in total. The fraction of sp³-hybridized carbons (Fsp3) is 0.238. The second-order valence-corrected chi connectivity index (χ2v) is 7.17. The molecular weight excluding hydrogens is 410 g/mol. The highest BCUT2D eigenvalue weighted by atomic mass is 79.9. The van der Waals surface area contributed by atoms with Crippen LogP contribution in [0.25, 0.3) is 5.76 Å². The number of aliphatic hydroxyl groups is 1. The van der Waals surface area contributed by atoms with Crippen LogP contribution in [0, 0.1) is 0 Å². The molecule has 0 spiro atoms. The lowest BCUT2D eigenvalue weighted by atomic mass is 9.95. The van der Waals surface area contributed by atoms with E-state index >= 15 is 0 Å². The number of benzene rings is 2. The molecule has 0 radical (unpaired) electrons. The van der Waals surface area contributed by atoms with E-state index in [1.807, 2.05) is 30.3 Å². The number of nitrogens with zero attached hydrogens (tertiary/aromatic N) is 1. The zero-order valence-electron chi connectivity index (χ0n) is 14.9. The van der Waals surface area contributed by atoms with Gasteiger partial charge in [0.25, 0.3) is 11.7 Å². The monoisotopic (exact) mass is 429 g/mol. The number of methoxy groups -OCH3 is 1. The van der Waals surface area contributed by atoms with Crippen molar-refractivity contribution in [2.75, 3.05) is 20.3 Å². The summed E-state index contributed by atoms with van der Waals surface area (Å²) in [5.74, 6) is -1.42. The smallest absolute Gasteiger partial charge is 0.295 e. The first kappa shape index (κ1) is 19.3. The quantitative estimate of drug-likeness (QED) is 0.327. The molecule has 1 aliphatic rings. The minimum atomic E-state index is -0.665. The average Bonchev–Trinajstić information content (AvgIpc) is 2.94. The van der Waals surface area contributed by atoms with Gasteiger partial charge in [-0.25, -0.2) is 0 Å². The molecule has 27 heavy (non-hydrogen) atoms. The molecule has 1 amide bonds. The van der Waals surface area contributed by atoms with Crippen molar-refractivity contribution >= 4 is 33.4 Å². The Morgan fingerprint density at radius 3 is 2.41 bits per heavy atom. The van der Waals surface area contributed by atoms with Crippen LogP contribution in [0.5, 0.6) is 0 Å². The van der Waals surface area contributed by atoms with Crippen molar-refractivity contribution in [2.45, 2.75) is 12.5 Å². The molecule has 1 aliphatic heterocycles. The molecule has 5 nitrogen and oxygen atoms in total. The maximum atomic E-state index is 12.8. The number of carbonyl (C=O) groups excluding carboxylic acids is 2. The Labute approximate surface area is 166 Å². The molecule has 6 heteroatoms. The minimum Gasteiger partial charge on any atom is -0.507 e. The van der Waals surface area contributed by atoms with Gasteiger partial charge in [0.15, 0.2) is 0 Å². The van der Waals surface area contributed by atoms with E-state index in [-0.39, 0.29) is 11.3 Å². The van der Waals surface area contributed by atoms with Crippen LogP contribution in [0.2, 0.25) is 0 Å². The van der Waals surface area contributed by atoms with Gasteiger partial charge in [0.1, 0.15) is 5.76 Å². The summed E-state index contributed by atoms with van der Waals surface area (Å²) in [5, 5.41) is 10.8. The maximum Gasteiger partial charge on any atom is 0.295 e. The highest BCUT2D eigenvalue weighted by Crippen LogP contribution is 2.39. The third-order valence-corrected chi connectivity index (χ3v) is 5.05. The molecule has 0 bridgehead atoms. The van der Waals surface area contributed by atoms with Crippen LogP contribution in [0.4, 0.5) is 0 Å². The second-order valence-electron chi connectivity index (χ2n) is 6.26. The summed E-state index contributed by atoms with van der Waals surface area (Å²) in [5.41, 5.74) is 1.40. The molecule has 1 heterocycles. The summed E-state index contributed by atoms with van der Waals surface area (Å²) in [7, 11) is 1.59. The lowest BCUT2D eigenvalue weighted by molar-refractivity contribution is -0.140.